The summed E-state index contributed by atoms with van der Waals surface area (Å²) in [5.74, 6) is 0. The Labute approximate surface area is 158 Å². The third-order valence-electron chi connectivity index (χ3n) is 5.83. The SMILES string of the molecule is CC1(C)CCC(C)(C)c2cc3c(-c4cccc(Br)c4)nccc3cc21. The Balaban J connectivity index is 2.03. The van der Waals surface area contributed by atoms with Gasteiger partial charge >= 0.3 is 0 Å². The van der Waals surface area contributed by atoms with Crippen LogP contribution in [0.2, 0.25) is 0 Å². The summed E-state index contributed by atoms with van der Waals surface area (Å²) >= 11 is 3.59. The van der Waals surface area contributed by atoms with E-state index in [1.807, 2.05) is 6.20 Å². The van der Waals surface area contributed by atoms with Gasteiger partial charge in [0.25, 0.3) is 0 Å². The summed E-state index contributed by atoms with van der Waals surface area (Å²) in [6.07, 6.45) is 4.40. The van der Waals surface area contributed by atoms with Crippen LogP contribution in [-0.2, 0) is 10.8 Å². The molecule has 1 nitrogen and oxygen atoms in total. The molecule has 0 saturated carbocycles. The van der Waals surface area contributed by atoms with E-state index in [2.05, 4.69) is 86.1 Å². The van der Waals surface area contributed by atoms with E-state index in [1.54, 1.807) is 0 Å². The van der Waals surface area contributed by atoms with Crippen molar-refractivity contribution in [3.8, 4) is 11.3 Å². The van der Waals surface area contributed by atoms with Gasteiger partial charge in [0.05, 0.1) is 5.69 Å². The van der Waals surface area contributed by atoms with Gasteiger partial charge < -0.3 is 0 Å². The molecule has 0 N–H and O–H groups in total. The lowest BCUT2D eigenvalue weighted by Gasteiger charge is -2.42. The highest BCUT2D eigenvalue weighted by Crippen LogP contribution is 2.47. The van der Waals surface area contributed by atoms with Crippen molar-refractivity contribution in [2.75, 3.05) is 0 Å². The summed E-state index contributed by atoms with van der Waals surface area (Å²) < 4.78 is 1.09. The van der Waals surface area contributed by atoms with Crippen LogP contribution in [0.5, 0.6) is 0 Å². The molecule has 1 heterocycles. The van der Waals surface area contributed by atoms with Crippen molar-refractivity contribution in [2.24, 2.45) is 0 Å². The molecule has 0 spiro atoms. The first-order valence-corrected chi connectivity index (χ1v) is 9.77. The first-order valence-electron chi connectivity index (χ1n) is 8.98. The maximum absolute atomic E-state index is 4.73. The van der Waals surface area contributed by atoms with E-state index in [4.69, 9.17) is 4.98 Å². The average molecular weight is 394 g/mol. The predicted molar refractivity (Wildman–Crippen MR) is 110 cm³/mol. The number of aromatic nitrogens is 1. The monoisotopic (exact) mass is 393 g/mol. The zero-order valence-corrected chi connectivity index (χ0v) is 16.9. The van der Waals surface area contributed by atoms with Crippen LogP contribution in [0.25, 0.3) is 22.0 Å². The van der Waals surface area contributed by atoms with Crippen molar-refractivity contribution < 1.29 is 0 Å². The maximum Gasteiger partial charge on any atom is 0.0780 e. The molecule has 25 heavy (non-hydrogen) atoms. The molecule has 1 aliphatic rings. The van der Waals surface area contributed by atoms with Crippen LogP contribution in [0.1, 0.15) is 51.7 Å². The van der Waals surface area contributed by atoms with Gasteiger partial charge in [-0.15, -0.1) is 0 Å². The topological polar surface area (TPSA) is 12.9 Å². The molecule has 0 fully saturated rings. The molecule has 0 saturated heterocycles. The summed E-state index contributed by atoms with van der Waals surface area (Å²) in [6.45, 7) is 9.51. The fourth-order valence-corrected chi connectivity index (χ4v) is 4.50. The minimum Gasteiger partial charge on any atom is -0.256 e. The van der Waals surface area contributed by atoms with E-state index in [0.29, 0.717) is 0 Å². The number of fused-ring (bicyclic) bond motifs is 2. The van der Waals surface area contributed by atoms with Gasteiger partial charge in [-0.05, 0) is 64.5 Å². The second-order valence-electron chi connectivity index (χ2n) is 8.56. The number of hydrogen-bond donors (Lipinski definition) is 0. The molecule has 0 bridgehead atoms. The highest BCUT2D eigenvalue weighted by molar-refractivity contribution is 9.10. The summed E-state index contributed by atoms with van der Waals surface area (Å²) in [4.78, 5) is 4.73. The molecule has 0 amide bonds. The molecule has 0 unspecified atom stereocenters. The van der Waals surface area contributed by atoms with Crippen molar-refractivity contribution in [1.82, 2.24) is 4.98 Å². The third-order valence-corrected chi connectivity index (χ3v) is 6.33. The van der Waals surface area contributed by atoms with Crippen LogP contribution in [0, 0.1) is 0 Å². The average Bonchev–Trinajstić information content (AvgIpc) is 2.57. The lowest BCUT2D eigenvalue weighted by Crippen LogP contribution is -2.33. The Hall–Kier alpha value is -1.67. The summed E-state index contributed by atoms with van der Waals surface area (Å²) in [5, 5.41) is 2.54. The fourth-order valence-electron chi connectivity index (χ4n) is 4.10. The van der Waals surface area contributed by atoms with Gasteiger partial charge in [0.1, 0.15) is 0 Å². The molecule has 1 aliphatic carbocycles. The second-order valence-corrected chi connectivity index (χ2v) is 9.47. The molecule has 0 radical (unpaired) electrons. The van der Waals surface area contributed by atoms with Crippen molar-refractivity contribution in [3.05, 3.63) is 64.3 Å². The number of rotatable bonds is 1. The summed E-state index contributed by atoms with van der Waals surface area (Å²) in [7, 11) is 0. The van der Waals surface area contributed by atoms with E-state index in [-0.39, 0.29) is 10.8 Å². The van der Waals surface area contributed by atoms with E-state index >= 15 is 0 Å². The molecule has 0 atom stereocenters. The van der Waals surface area contributed by atoms with Crippen molar-refractivity contribution in [3.63, 3.8) is 0 Å². The number of halogens is 1. The Morgan fingerprint density at radius 2 is 1.56 bits per heavy atom. The van der Waals surface area contributed by atoms with Crippen LogP contribution in [0.3, 0.4) is 0 Å². The van der Waals surface area contributed by atoms with E-state index in [0.717, 1.165) is 15.7 Å². The fraction of sp³-hybridized carbons (Fsp3) is 0.348. The normalized spacial score (nSPS) is 18.1. The van der Waals surface area contributed by atoms with Crippen LogP contribution in [0.15, 0.2) is 53.1 Å². The molecule has 1 aromatic heterocycles. The van der Waals surface area contributed by atoms with Gasteiger partial charge in [0.15, 0.2) is 0 Å². The Morgan fingerprint density at radius 1 is 0.880 bits per heavy atom. The minimum atomic E-state index is 0.212. The number of pyridine rings is 1. The zero-order valence-electron chi connectivity index (χ0n) is 15.4. The van der Waals surface area contributed by atoms with Crippen LogP contribution >= 0.6 is 15.9 Å². The van der Waals surface area contributed by atoms with Crippen molar-refractivity contribution >= 4 is 26.7 Å². The Bertz CT molecular complexity index is 969. The van der Waals surface area contributed by atoms with Gasteiger partial charge in [-0.3, -0.25) is 4.98 Å². The standard InChI is InChI=1S/C23H24BrN/c1-22(2)9-10-23(3,4)20-14-18-15(13-19(20)22)8-11-25-21(18)16-6-5-7-17(24)12-16/h5-8,11-14H,9-10H2,1-4H3. The van der Waals surface area contributed by atoms with Gasteiger partial charge in [-0.2, -0.15) is 0 Å². The van der Waals surface area contributed by atoms with Crippen molar-refractivity contribution in [2.45, 2.75) is 51.4 Å². The predicted octanol–water partition coefficient (Wildman–Crippen LogP) is 7.01. The first-order chi connectivity index (χ1) is 11.8. The van der Waals surface area contributed by atoms with Crippen LogP contribution in [0.4, 0.5) is 0 Å². The number of benzene rings is 2. The Kier molecular flexibility index (Phi) is 3.81. The largest absolute Gasteiger partial charge is 0.256 e. The summed E-state index contributed by atoms with van der Waals surface area (Å²) in [6, 6.07) is 15.4. The molecular formula is C23H24BrN. The smallest absolute Gasteiger partial charge is 0.0780 e. The van der Waals surface area contributed by atoms with Crippen LogP contribution < -0.4 is 0 Å². The molecule has 2 heteroatoms. The second kappa shape index (κ2) is 5.67. The van der Waals surface area contributed by atoms with E-state index in [9.17, 15) is 0 Å². The molecule has 2 aromatic carbocycles. The molecule has 4 rings (SSSR count). The molecule has 0 aliphatic heterocycles. The lowest BCUT2D eigenvalue weighted by atomic mass is 9.63. The maximum atomic E-state index is 4.73. The van der Waals surface area contributed by atoms with Crippen molar-refractivity contribution in [1.29, 1.82) is 0 Å². The lowest BCUT2D eigenvalue weighted by molar-refractivity contribution is 0.332. The Morgan fingerprint density at radius 3 is 2.24 bits per heavy atom. The molecule has 128 valence electrons. The van der Waals surface area contributed by atoms with Gasteiger partial charge in [0, 0.05) is 21.6 Å². The zero-order chi connectivity index (χ0) is 17.8. The first kappa shape index (κ1) is 16.8. The quantitative estimate of drug-likeness (QED) is 0.432. The van der Waals surface area contributed by atoms with E-state index in [1.165, 1.54) is 34.7 Å². The number of nitrogens with zero attached hydrogens (tertiary/aromatic N) is 1. The minimum absolute atomic E-state index is 0.212. The van der Waals surface area contributed by atoms with Gasteiger partial charge in [-0.1, -0.05) is 61.8 Å². The van der Waals surface area contributed by atoms with Crippen LogP contribution in [-0.4, -0.2) is 4.98 Å². The van der Waals surface area contributed by atoms with E-state index < -0.39 is 0 Å². The highest BCUT2D eigenvalue weighted by atomic mass is 79.9. The van der Waals surface area contributed by atoms with Gasteiger partial charge in [-0.25, -0.2) is 0 Å². The molecular weight excluding hydrogens is 370 g/mol. The highest BCUT2D eigenvalue weighted by Gasteiger charge is 2.37. The summed E-state index contributed by atoms with van der Waals surface area (Å²) in [5.41, 5.74) is 5.67. The number of hydrogen-bond acceptors (Lipinski definition) is 1. The molecule has 3 aromatic rings. The third kappa shape index (κ3) is 2.81. The van der Waals surface area contributed by atoms with Gasteiger partial charge in [0.2, 0.25) is 0 Å².